The molecular weight excluding hydrogens is 252 g/mol. The first-order valence-electron chi connectivity index (χ1n) is 7.44. The zero-order chi connectivity index (χ0) is 13.9. The summed E-state index contributed by atoms with van der Waals surface area (Å²) in [6.07, 6.45) is 3.87. The van der Waals surface area contributed by atoms with E-state index in [0.29, 0.717) is 31.0 Å². The predicted molar refractivity (Wildman–Crippen MR) is 77.6 cm³/mol. The van der Waals surface area contributed by atoms with Crippen LogP contribution in [0.3, 0.4) is 0 Å². The van der Waals surface area contributed by atoms with Gasteiger partial charge in [-0.1, -0.05) is 12.1 Å². The fourth-order valence-corrected chi connectivity index (χ4v) is 3.40. The highest BCUT2D eigenvalue weighted by Gasteiger charge is 2.36. The number of hydrogen-bond donors (Lipinski definition) is 1. The summed E-state index contributed by atoms with van der Waals surface area (Å²) < 4.78 is 5.27. The maximum Gasteiger partial charge on any atom is 0.223 e. The summed E-state index contributed by atoms with van der Waals surface area (Å²) in [5.41, 5.74) is 1.14. The van der Waals surface area contributed by atoms with Gasteiger partial charge < -0.3 is 15.0 Å². The molecular formula is C16H22N2O2. The van der Waals surface area contributed by atoms with Crippen LogP contribution in [0.5, 0.6) is 5.75 Å². The maximum atomic E-state index is 12.4. The van der Waals surface area contributed by atoms with E-state index in [1.807, 2.05) is 18.2 Å². The average molecular weight is 274 g/mol. The fourth-order valence-electron chi connectivity index (χ4n) is 3.40. The van der Waals surface area contributed by atoms with E-state index in [1.165, 1.54) is 0 Å². The van der Waals surface area contributed by atoms with Crippen LogP contribution < -0.4 is 10.1 Å². The maximum absolute atomic E-state index is 12.4. The Morgan fingerprint density at radius 3 is 3.15 bits per heavy atom. The molecule has 0 aromatic heterocycles. The number of methoxy groups -OCH3 is 1. The zero-order valence-corrected chi connectivity index (χ0v) is 12.0. The molecule has 2 heterocycles. The van der Waals surface area contributed by atoms with E-state index in [-0.39, 0.29) is 0 Å². The molecule has 2 saturated heterocycles. The van der Waals surface area contributed by atoms with E-state index >= 15 is 0 Å². The van der Waals surface area contributed by atoms with Crippen LogP contribution in [0.2, 0.25) is 0 Å². The van der Waals surface area contributed by atoms with Gasteiger partial charge in [0.1, 0.15) is 5.75 Å². The van der Waals surface area contributed by atoms with Crippen LogP contribution in [-0.4, -0.2) is 36.5 Å². The number of carbonyl (C=O) groups excluding carboxylic acids is 1. The second-order valence-electron chi connectivity index (χ2n) is 5.68. The number of carbonyl (C=O) groups is 1. The minimum absolute atomic E-state index is 0.295. The smallest absolute Gasteiger partial charge is 0.223 e. The van der Waals surface area contributed by atoms with E-state index in [4.69, 9.17) is 4.74 Å². The van der Waals surface area contributed by atoms with Crippen molar-refractivity contribution in [2.75, 3.05) is 13.7 Å². The van der Waals surface area contributed by atoms with Crippen LogP contribution in [0.1, 0.15) is 31.2 Å². The number of fused-ring (bicyclic) bond motifs is 1. The highest BCUT2D eigenvalue weighted by Crippen LogP contribution is 2.26. The Morgan fingerprint density at radius 2 is 2.30 bits per heavy atom. The number of hydrogen-bond acceptors (Lipinski definition) is 3. The lowest BCUT2D eigenvalue weighted by atomic mass is 10.0. The molecule has 108 valence electrons. The van der Waals surface area contributed by atoms with Crippen LogP contribution in [0, 0.1) is 0 Å². The van der Waals surface area contributed by atoms with Crippen molar-refractivity contribution >= 4 is 5.91 Å². The normalized spacial score (nSPS) is 26.2. The molecule has 2 atom stereocenters. The molecule has 3 rings (SSSR count). The molecule has 2 aliphatic rings. The summed E-state index contributed by atoms with van der Waals surface area (Å²) in [7, 11) is 1.67. The average Bonchev–Trinajstić information content (AvgIpc) is 2.87. The van der Waals surface area contributed by atoms with Gasteiger partial charge in [0.15, 0.2) is 0 Å². The molecule has 1 amide bonds. The molecule has 4 nitrogen and oxygen atoms in total. The third-order valence-electron chi connectivity index (χ3n) is 4.42. The molecule has 2 aliphatic heterocycles. The highest BCUT2D eigenvalue weighted by atomic mass is 16.5. The molecule has 0 saturated carbocycles. The third kappa shape index (κ3) is 2.66. The Balaban J connectivity index is 1.80. The number of nitrogens with zero attached hydrogens (tertiary/aromatic N) is 1. The van der Waals surface area contributed by atoms with Crippen molar-refractivity contribution in [2.24, 2.45) is 0 Å². The summed E-state index contributed by atoms with van der Waals surface area (Å²) in [5, 5.41) is 3.54. The van der Waals surface area contributed by atoms with E-state index in [1.54, 1.807) is 7.11 Å². The minimum atomic E-state index is 0.295. The largest absolute Gasteiger partial charge is 0.497 e. The van der Waals surface area contributed by atoms with Gasteiger partial charge >= 0.3 is 0 Å². The minimum Gasteiger partial charge on any atom is -0.497 e. The molecule has 4 heteroatoms. The summed E-state index contributed by atoms with van der Waals surface area (Å²) in [5.74, 6) is 1.15. The fraction of sp³-hybridized carbons (Fsp3) is 0.562. The zero-order valence-electron chi connectivity index (χ0n) is 12.0. The van der Waals surface area contributed by atoms with Gasteiger partial charge in [0.25, 0.3) is 0 Å². The van der Waals surface area contributed by atoms with Crippen molar-refractivity contribution in [2.45, 2.75) is 44.3 Å². The molecule has 1 aromatic rings. The van der Waals surface area contributed by atoms with Crippen molar-refractivity contribution in [1.29, 1.82) is 0 Å². The van der Waals surface area contributed by atoms with Crippen LogP contribution in [0.25, 0.3) is 0 Å². The monoisotopic (exact) mass is 274 g/mol. The van der Waals surface area contributed by atoms with Crippen LogP contribution in [0.4, 0.5) is 0 Å². The van der Waals surface area contributed by atoms with Crippen LogP contribution in [0.15, 0.2) is 24.3 Å². The highest BCUT2D eigenvalue weighted by molar-refractivity contribution is 5.77. The molecule has 0 radical (unpaired) electrons. The molecule has 0 aliphatic carbocycles. The van der Waals surface area contributed by atoms with Crippen molar-refractivity contribution in [3.8, 4) is 5.75 Å². The Bertz CT molecular complexity index is 489. The number of likely N-dealkylation sites (tertiary alicyclic amines) is 1. The molecule has 2 fully saturated rings. The van der Waals surface area contributed by atoms with Gasteiger partial charge in [-0.15, -0.1) is 0 Å². The van der Waals surface area contributed by atoms with Crippen molar-refractivity contribution in [3.05, 3.63) is 29.8 Å². The van der Waals surface area contributed by atoms with Crippen molar-refractivity contribution < 1.29 is 9.53 Å². The number of rotatable bonds is 3. The Kier molecular flexibility index (Phi) is 3.92. The lowest BCUT2D eigenvalue weighted by molar-refractivity contribution is -0.133. The van der Waals surface area contributed by atoms with Gasteiger partial charge in [-0.25, -0.2) is 0 Å². The molecule has 0 spiro atoms. The lowest BCUT2D eigenvalue weighted by Crippen LogP contribution is -2.44. The first kappa shape index (κ1) is 13.4. The van der Waals surface area contributed by atoms with E-state index in [0.717, 1.165) is 37.1 Å². The molecule has 20 heavy (non-hydrogen) atoms. The number of nitrogens with one attached hydrogen (secondary N) is 1. The topological polar surface area (TPSA) is 41.6 Å². The Labute approximate surface area is 120 Å². The van der Waals surface area contributed by atoms with Gasteiger partial charge in [-0.3, -0.25) is 4.79 Å². The summed E-state index contributed by atoms with van der Waals surface area (Å²) in [6.45, 7) is 1.72. The predicted octanol–water partition coefficient (Wildman–Crippen LogP) is 1.94. The second-order valence-corrected chi connectivity index (χ2v) is 5.68. The first-order chi connectivity index (χ1) is 9.78. The van der Waals surface area contributed by atoms with Gasteiger partial charge in [-0.2, -0.15) is 0 Å². The van der Waals surface area contributed by atoms with E-state index < -0.39 is 0 Å². The van der Waals surface area contributed by atoms with Gasteiger partial charge in [0.2, 0.25) is 5.91 Å². The second kappa shape index (κ2) is 5.83. The van der Waals surface area contributed by atoms with E-state index in [9.17, 15) is 4.79 Å². The van der Waals surface area contributed by atoms with Gasteiger partial charge in [-0.05, 0) is 43.5 Å². The van der Waals surface area contributed by atoms with Gasteiger partial charge in [0.05, 0.1) is 7.11 Å². The standard InChI is InChI=1S/C16H22N2O2/c1-20-13-5-2-4-12(10-13)11-18-15-8-9-17-14(15)6-3-7-16(18)19/h2,4-5,10,14-15,17H,3,6-9,11H2,1H3. The molecule has 0 bridgehead atoms. The molecule has 1 aromatic carbocycles. The molecule has 2 unspecified atom stereocenters. The Hall–Kier alpha value is -1.55. The Morgan fingerprint density at radius 1 is 1.40 bits per heavy atom. The summed E-state index contributed by atoms with van der Waals surface area (Å²) >= 11 is 0. The summed E-state index contributed by atoms with van der Waals surface area (Å²) in [4.78, 5) is 14.5. The number of amides is 1. The van der Waals surface area contributed by atoms with Crippen molar-refractivity contribution in [3.63, 3.8) is 0 Å². The SMILES string of the molecule is COc1cccc(CN2C(=O)CCCC3NCCC32)c1. The number of ether oxygens (including phenoxy) is 1. The van der Waals surface area contributed by atoms with Gasteiger partial charge in [0, 0.05) is 25.0 Å². The van der Waals surface area contributed by atoms with Crippen LogP contribution in [-0.2, 0) is 11.3 Å². The van der Waals surface area contributed by atoms with Crippen molar-refractivity contribution in [1.82, 2.24) is 10.2 Å². The summed E-state index contributed by atoms with van der Waals surface area (Å²) in [6, 6.07) is 8.85. The van der Waals surface area contributed by atoms with E-state index in [2.05, 4.69) is 16.3 Å². The quantitative estimate of drug-likeness (QED) is 0.916. The third-order valence-corrected chi connectivity index (χ3v) is 4.42. The number of benzene rings is 1. The van der Waals surface area contributed by atoms with Crippen LogP contribution >= 0.6 is 0 Å². The first-order valence-corrected chi connectivity index (χ1v) is 7.44. The lowest BCUT2D eigenvalue weighted by Gasteiger charge is -2.30. The molecule has 1 N–H and O–H groups in total.